The number of para-hydroxylation sites is 2. The Morgan fingerprint density at radius 3 is 2.23 bits per heavy atom. The Balaban J connectivity index is 0.000000132. The number of nitrogens with two attached hydrogens (primary N) is 2. The zero-order valence-electron chi connectivity index (χ0n) is 16.7. The number of H-pyrrole nitrogens is 1. The minimum atomic E-state index is -0.0116. The molecule has 2 heterocycles. The van der Waals surface area contributed by atoms with Gasteiger partial charge in [-0.15, -0.1) is 0 Å². The van der Waals surface area contributed by atoms with Crippen molar-refractivity contribution >= 4 is 55.0 Å². The highest BCUT2D eigenvalue weighted by atomic mass is 16.1. The van der Waals surface area contributed by atoms with Crippen LogP contribution in [-0.2, 0) is 0 Å². The van der Waals surface area contributed by atoms with Crippen molar-refractivity contribution in [3.05, 3.63) is 101 Å². The third-order valence-corrected chi connectivity index (χ3v) is 5.36. The molecule has 6 aromatic rings. The maximum absolute atomic E-state index is 12.2. The van der Waals surface area contributed by atoms with Crippen molar-refractivity contribution in [2.75, 3.05) is 11.5 Å². The van der Waals surface area contributed by atoms with E-state index in [4.69, 9.17) is 11.5 Å². The van der Waals surface area contributed by atoms with Crippen molar-refractivity contribution in [1.82, 2.24) is 9.97 Å². The SMILES string of the molecule is Nc1cccc2[nH]c3ccccc3c(=O)c12.Nc1cccc2nc3ccccc3cc12. The van der Waals surface area contributed by atoms with E-state index < -0.39 is 0 Å². The summed E-state index contributed by atoms with van der Waals surface area (Å²) in [5, 5.41) is 3.40. The van der Waals surface area contributed by atoms with E-state index in [0.717, 1.165) is 38.5 Å². The lowest BCUT2D eigenvalue weighted by atomic mass is 10.1. The van der Waals surface area contributed by atoms with Crippen molar-refractivity contribution in [2.24, 2.45) is 0 Å². The molecule has 0 radical (unpaired) electrons. The van der Waals surface area contributed by atoms with E-state index >= 15 is 0 Å². The number of rotatable bonds is 0. The summed E-state index contributed by atoms with van der Waals surface area (Å²) in [6.45, 7) is 0. The Hall–Kier alpha value is -4.38. The molecule has 5 N–H and O–H groups in total. The molecular formula is C26H20N4O. The average Bonchev–Trinajstić information content (AvgIpc) is 2.79. The van der Waals surface area contributed by atoms with E-state index in [2.05, 4.69) is 16.0 Å². The highest BCUT2D eigenvalue weighted by Crippen LogP contribution is 2.23. The van der Waals surface area contributed by atoms with Gasteiger partial charge in [-0.05, 0) is 48.5 Å². The number of nitrogens with one attached hydrogen (secondary N) is 1. The average molecular weight is 404 g/mol. The van der Waals surface area contributed by atoms with Crippen molar-refractivity contribution in [2.45, 2.75) is 0 Å². The van der Waals surface area contributed by atoms with Gasteiger partial charge < -0.3 is 16.5 Å². The first kappa shape index (κ1) is 18.6. The van der Waals surface area contributed by atoms with Gasteiger partial charge in [-0.3, -0.25) is 4.79 Å². The quantitative estimate of drug-likeness (QED) is 0.238. The minimum Gasteiger partial charge on any atom is -0.398 e. The maximum atomic E-state index is 12.2. The summed E-state index contributed by atoms with van der Waals surface area (Å²) >= 11 is 0. The summed E-state index contributed by atoms with van der Waals surface area (Å²) in [7, 11) is 0. The Morgan fingerprint density at radius 1 is 0.645 bits per heavy atom. The van der Waals surface area contributed by atoms with Crippen LogP contribution >= 0.6 is 0 Å². The van der Waals surface area contributed by atoms with E-state index in [1.807, 2.05) is 72.8 Å². The zero-order chi connectivity index (χ0) is 21.4. The summed E-state index contributed by atoms with van der Waals surface area (Å²) < 4.78 is 0. The van der Waals surface area contributed by atoms with Gasteiger partial charge in [-0.25, -0.2) is 4.98 Å². The summed E-state index contributed by atoms with van der Waals surface area (Å²) in [6.07, 6.45) is 0. The normalized spacial score (nSPS) is 11.0. The molecule has 0 saturated heterocycles. The Kier molecular flexibility index (Phi) is 4.49. The smallest absolute Gasteiger partial charge is 0.199 e. The van der Waals surface area contributed by atoms with Gasteiger partial charge in [0, 0.05) is 33.1 Å². The number of pyridine rings is 2. The number of hydrogen-bond acceptors (Lipinski definition) is 4. The predicted octanol–water partition coefficient (Wildman–Crippen LogP) is 5.23. The second-order valence-corrected chi connectivity index (χ2v) is 7.36. The molecule has 0 aliphatic heterocycles. The lowest BCUT2D eigenvalue weighted by molar-refractivity contribution is 1.48. The molecule has 0 spiro atoms. The summed E-state index contributed by atoms with van der Waals surface area (Å²) in [4.78, 5) is 20.0. The van der Waals surface area contributed by atoms with Crippen LogP contribution in [-0.4, -0.2) is 9.97 Å². The van der Waals surface area contributed by atoms with Gasteiger partial charge in [0.05, 0.1) is 21.9 Å². The van der Waals surface area contributed by atoms with Gasteiger partial charge in [-0.2, -0.15) is 0 Å². The van der Waals surface area contributed by atoms with Gasteiger partial charge in [0.15, 0.2) is 5.43 Å². The summed E-state index contributed by atoms with van der Waals surface area (Å²) in [5.74, 6) is 0. The van der Waals surface area contributed by atoms with Gasteiger partial charge in [0.1, 0.15) is 0 Å². The molecule has 31 heavy (non-hydrogen) atoms. The molecule has 150 valence electrons. The van der Waals surface area contributed by atoms with Crippen molar-refractivity contribution in [3.8, 4) is 0 Å². The fourth-order valence-corrected chi connectivity index (χ4v) is 3.82. The van der Waals surface area contributed by atoms with E-state index in [1.165, 1.54) is 0 Å². The largest absolute Gasteiger partial charge is 0.398 e. The zero-order valence-corrected chi connectivity index (χ0v) is 16.7. The van der Waals surface area contributed by atoms with Crippen molar-refractivity contribution in [1.29, 1.82) is 0 Å². The number of benzene rings is 4. The molecule has 4 aromatic carbocycles. The van der Waals surface area contributed by atoms with Crippen LogP contribution in [0.3, 0.4) is 0 Å². The van der Waals surface area contributed by atoms with E-state index in [0.29, 0.717) is 16.5 Å². The molecule has 0 aliphatic carbocycles. The maximum Gasteiger partial charge on any atom is 0.199 e. The lowest BCUT2D eigenvalue weighted by Crippen LogP contribution is -2.06. The first-order chi connectivity index (χ1) is 15.1. The Bertz CT molecular complexity index is 1640. The molecule has 0 unspecified atom stereocenters. The van der Waals surface area contributed by atoms with Gasteiger partial charge in [0.2, 0.25) is 0 Å². The number of nitrogen functional groups attached to an aromatic ring is 2. The predicted molar refractivity (Wildman–Crippen MR) is 130 cm³/mol. The first-order valence-corrected chi connectivity index (χ1v) is 9.95. The molecule has 0 atom stereocenters. The van der Waals surface area contributed by atoms with Crippen LogP contribution < -0.4 is 16.9 Å². The van der Waals surface area contributed by atoms with Crippen LogP contribution in [0.25, 0.3) is 43.6 Å². The molecule has 5 heteroatoms. The number of fused-ring (bicyclic) bond motifs is 4. The Labute approximate surface area is 178 Å². The number of nitrogens with zero attached hydrogens (tertiary/aromatic N) is 1. The molecule has 5 nitrogen and oxygen atoms in total. The van der Waals surface area contributed by atoms with Crippen LogP contribution in [0.1, 0.15) is 0 Å². The molecule has 0 bridgehead atoms. The standard InChI is InChI=1S/C13H10N2O.C13H10N2/c14-9-5-3-7-11-12(9)13(16)8-4-1-2-6-10(8)15-11;14-11-5-3-7-13-10(11)8-9-4-1-2-6-12(9)15-13/h1-7H,14H2,(H,15,16);1-8H,14H2. The third kappa shape index (κ3) is 3.32. The monoisotopic (exact) mass is 404 g/mol. The molecule has 0 saturated carbocycles. The number of aromatic nitrogens is 2. The van der Waals surface area contributed by atoms with E-state index in [-0.39, 0.29) is 5.43 Å². The van der Waals surface area contributed by atoms with Gasteiger partial charge >= 0.3 is 0 Å². The second kappa shape index (κ2) is 7.46. The molecule has 6 rings (SSSR count). The highest BCUT2D eigenvalue weighted by molar-refractivity contribution is 5.99. The molecular weight excluding hydrogens is 384 g/mol. The molecule has 2 aromatic heterocycles. The number of anilines is 2. The highest BCUT2D eigenvalue weighted by Gasteiger charge is 2.06. The van der Waals surface area contributed by atoms with Gasteiger partial charge in [-0.1, -0.05) is 42.5 Å². The van der Waals surface area contributed by atoms with Gasteiger partial charge in [0.25, 0.3) is 0 Å². The second-order valence-electron chi connectivity index (χ2n) is 7.36. The summed E-state index contributed by atoms with van der Waals surface area (Å²) in [6, 6.07) is 28.9. The molecule has 0 fully saturated rings. The third-order valence-electron chi connectivity index (χ3n) is 5.36. The molecule has 0 aliphatic rings. The first-order valence-electron chi connectivity index (χ1n) is 9.95. The number of aromatic amines is 1. The molecule has 0 amide bonds. The van der Waals surface area contributed by atoms with Crippen molar-refractivity contribution < 1.29 is 0 Å². The van der Waals surface area contributed by atoms with Crippen LogP contribution in [0.4, 0.5) is 11.4 Å². The van der Waals surface area contributed by atoms with Crippen LogP contribution in [0, 0.1) is 0 Å². The van der Waals surface area contributed by atoms with Crippen molar-refractivity contribution in [3.63, 3.8) is 0 Å². The minimum absolute atomic E-state index is 0.0116. The van der Waals surface area contributed by atoms with Crippen LogP contribution in [0.2, 0.25) is 0 Å². The fourth-order valence-electron chi connectivity index (χ4n) is 3.82. The topological polar surface area (TPSA) is 97.8 Å². The van der Waals surface area contributed by atoms with E-state index in [1.54, 1.807) is 12.1 Å². The lowest BCUT2D eigenvalue weighted by Gasteiger charge is -2.04. The van der Waals surface area contributed by atoms with Crippen LogP contribution in [0.15, 0.2) is 95.8 Å². The Morgan fingerprint density at radius 2 is 1.32 bits per heavy atom. The fraction of sp³-hybridized carbons (Fsp3) is 0. The van der Waals surface area contributed by atoms with E-state index in [9.17, 15) is 4.79 Å². The van der Waals surface area contributed by atoms with Crippen LogP contribution in [0.5, 0.6) is 0 Å². The number of hydrogen-bond donors (Lipinski definition) is 3. The summed E-state index contributed by atoms with van der Waals surface area (Å²) in [5.41, 5.74) is 16.6.